The van der Waals surface area contributed by atoms with Crippen molar-refractivity contribution in [3.63, 3.8) is 0 Å². The minimum atomic E-state index is -3.84. The second-order valence-corrected chi connectivity index (χ2v) is 17.3. The lowest BCUT2D eigenvalue weighted by molar-refractivity contribution is -0.130. The van der Waals surface area contributed by atoms with Crippen molar-refractivity contribution < 1.29 is 27.6 Å². The number of nitrogens with two attached hydrogens (primary N) is 1. The standard InChI is InChI=1S/C31H43N4O6PS/c1-7-31(5,6)20-35-27(30(2,3)4)26(36)25(29(35)37)28-33-23-14-13-22(19-43(32,39)40)17-24(23)42(38,34-28)16-15-41-18-21-11-9-8-10-12-21/h8-14,17,27,36H,7,15-16,18-20H2,1-6H3,(H2,32,39,40)(H,33,34,38)/t27?,42-/m0/s1. The molecule has 2 aromatic rings. The Hall–Kier alpha value is -2.98. The summed E-state index contributed by atoms with van der Waals surface area (Å²) in [7, 11) is -7.49. The van der Waals surface area contributed by atoms with Crippen LogP contribution in [0.15, 0.2) is 64.6 Å². The van der Waals surface area contributed by atoms with Gasteiger partial charge in [-0.1, -0.05) is 77.9 Å². The van der Waals surface area contributed by atoms with Gasteiger partial charge in [0.25, 0.3) is 5.91 Å². The molecule has 4 N–H and O–H groups in total. The third kappa shape index (κ3) is 7.58. The maximum absolute atomic E-state index is 14.7. The number of ether oxygens (including phenoxy) is 1. The van der Waals surface area contributed by atoms with Crippen LogP contribution < -0.4 is 15.8 Å². The fraction of sp³-hybridized carbons (Fsp3) is 0.484. The molecule has 2 aromatic carbocycles. The van der Waals surface area contributed by atoms with Gasteiger partial charge in [-0.15, -0.1) is 0 Å². The summed E-state index contributed by atoms with van der Waals surface area (Å²) in [5.74, 6) is -0.892. The molecule has 43 heavy (non-hydrogen) atoms. The largest absolute Gasteiger partial charge is 0.509 e. The number of nitrogens with one attached hydrogen (secondary N) is 1. The van der Waals surface area contributed by atoms with Crippen LogP contribution in [0.25, 0.3) is 0 Å². The van der Waals surface area contributed by atoms with Gasteiger partial charge in [-0.05, 0) is 40.5 Å². The predicted molar refractivity (Wildman–Crippen MR) is 171 cm³/mol. The fourth-order valence-electron chi connectivity index (χ4n) is 5.39. The van der Waals surface area contributed by atoms with Crippen molar-refractivity contribution in [1.29, 1.82) is 0 Å². The van der Waals surface area contributed by atoms with E-state index in [0.29, 0.717) is 29.7 Å². The van der Waals surface area contributed by atoms with Crippen LogP contribution in [0.2, 0.25) is 0 Å². The molecule has 12 heteroatoms. The van der Waals surface area contributed by atoms with Crippen LogP contribution >= 0.6 is 7.29 Å². The maximum Gasteiger partial charge on any atom is 0.261 e. The van der Waals surface area contributed by atoms with Crippen LogP contribution in [0, 0.1) is 10.8 Å². The van der Waals surface area contributed by atoms with E-state index in [9.17, 15) is 22.9 Å². The normalized spacial score (nSPS) is 21.1. The number of sulfonamides is 1. The van der Waals surface area contributed by atoms with Crippen molar-refractivity contribution in [1.82, 2.24) is 4.90 Å². The molecule has 0 spiro atoms. The zero-order chi connectivity index (χ0) is 31.8. The molecule has 0 saturated carbocycles. The second kappa shape index (κ2) is 12.2. The first kappa shape index (κ1) is 32.9. The van der Waals surface area contributed by atoms with Crippen LogP contribution in [-0.2, 0) is 36.5 Å². The number of aliphatic hydroxyl groups excluding tert-OH is 1. The SMILES string of the molecule is CCC(C)(C)CN1C(=O)C(C2=N[P@](=O)(CCOCc3ccccc3)c3cc(CS(N)(=O)=O)ccc3N2)=C(O)C1C(C)(C)C. The number of nitrogens with zero attached hydrogens (tertiary/aromatic N) is 2. The van der Waals surface area contributed by atoms with Crippen LogP contribution in [0.3, 0.4) is 0 Å². The molecular formula is C31H43N4O6PS. The Bertz CT molecular complexity index is 1600. The minimum Gasteiger partial charge on any atom is -0.509 e. The maximum atomic E-state index is 14.7. The summed E-state index contributed by atoms with van der Waals surface area (Å²) in [5, 5.41) is 20.3. The third-order valence-corrected chi connectivity index (χ3v) is 11.1. The minimum absolute atomic E-state index is 0.00322. The number of anilines is 1. The highest BCUT2D eigenvalue weighted by molar-refractivity contribution is 7.88. The molecule has 0 radical (unpaired) electrons. The molecule has 234 valence electrons. The molecule has 0 saturated heterocycles. The number of carbonyl (C=O) groups excluding carboxylic acids is 1. The van der Waals surface area contributed by atoms with Crippen molar-refractivity contribution >= 4 is 40.1 Å². The Morgan fingerprint density at radius 3 is 2.37 bits per heavy atom. The molecule has 4 rings (SSSR count). The number of fused-ring (bicyclic) bond motifs is 1. The van der Waals surface area contributed by atoms with Gasteiger partial charge < -0.3 is 20.1 Å². The number of aliphatic hydroxyl groups is 1. The molecule has 1 unspecified atom stereocenters. The van der Waals surface area contributed by atoms with Crippen molar-refractivity contribution in [3.8, 4) is 0 Å². The fourth-order valence-corrected chi connectivity index (χ4v) is 8.21. The molecule has 2 heterocycles. The van der Waals surface area contributed by atoms with Crippen LogP contribution in [0.1, 0.15) is 59.1 Å². The summed E-state index contributed by atoms with van der Waals surface area (Å²) in [4.78, 5) is 15.7. The van der Waals surface area contributed by atoms with Gasteiger partial charge in [0, 0.05) is 12.7 Å². The number of rotatable bonds is 11. The number of primary sulfonamides is 1. The summed E-state index contributed by atoms with van der Waals surface area (Å²) in [6.45, 7) is 12.9. The first-order valence-corrected chi connectivity index (χ1v) is 18.0. The van der Waals surface area contributed by atoms with Crippen LogP contribution in [-0.4, -0.2) is 55.5 Å². The molecular weight excluding hydrogens is 587 g/mol. The first-order valence-electron chi connectivity index (χ1n) is 14.4. The Morgan fingerprint density at radius 1 is 1.09 bits per heavy atom. The highest BCUT2D eigenvalue weighted by Crippen LogP contribution is 2.52. The lowest BCUT2D eigenvalue weighted by Gasteiger charge is -2.39. The molecule has 2 aliphatic rings. The molecule has 0 bridgehead atoms. The lowest BCUT2D eigenvalue weighted by atomic mass is 9.83. The molecule has 0 aliphatic carbocycles. The second-order valence-electron chi connectivity index (χ2n) is 13.2. The summed E-state index contributed by atoms with van der Waals surface area (Å²) >= 11 is 0. The number of hydrogen-bond donors (Lipinski definition) is 3. The Morgan fingerprint density at radius 2 is 1.77 bits per heavy atom. The summed E-state index contributed by atoms with van der Waals surface area (Å²) in [6, 6.07) is 13.7. The molecule has 10 nitrogen and oxygen atoms in total. The highest BCUT2D eigenvalue weighted by atomic mass is 32.2. The monoisotopic (exact) mass is 630 g/mol. The van der Waals surface area contributed by atoms with Crippen molar-refractivity contribution in [2.45, 2.75) is 66.4 Å². The first-order chi connectivity index (χ1) is 19.9. The van der Waals surface area contributed by atoms with E-state index in [2.05, 4.69) is 30.9 Å². The Balaban J connectivity index is 1.74. The lowest BCUT2D eigenvalue weighted by Crippen LogP contribution is -2.48. The van der Waals surface area contributed by atoms with E-state index < -0.39 is 34.5 Å². The highest BCUT2D eigenvalue weighted by Gasteiger charge is 2.49. The number of carbonyl (C=O) groups is 1. The van der Waals surface area contributed by atoms with Gasteiger partial charge in [-0.25, -0.2) is 18.3 Å². The molecule has 0 aromatic heterocycles. The van der Waals surface area contributed by atoms with Crippen LogP contribution in [0.4, 0.5) is 5.69 Å². The summed E-state index contributed by atoms with van der Waals surface area (Å²) in [5.41, 5.74) is 1.05. The molecule has 2 aliphatic heterocycles. The van der Waals surface area contributed by atoms with Crippen molar-refractivity contribution in [3.05, 3.63) is 71.0 Å². The van der Waals surface area contributed by atoms with Gasteiger partial charge in [0.05, 0.1) is 36.0 Å². The number of amidine groups is 1. The third-order valence-electron chi connectivity index (χ3n) is 7.89. The number of amides is 1. The average molecular weight is 631 g/mol. The van der Waals surface area contributed by atoms with Gasteiger partial charge in [-0.3, -0.25) is 9.36 Å². The topological polar surface area (TPSA) is 151 Å². The van der Waals surface area contributed by atoms with E-state index in [0.717, 1.165) is 12.0 Å². The van der Waals surface area contributed by atoms with Gasteiger partial charge in [0.1, 0.15) is 17.2 Å². The van der Waals surface area contributed by atoms with Gasteiger partial charge >= 0.3 is 0 Å². The van der Waals surface area contributed by atoms with E-state index in [1.165, 1.54) is 6.07 Å². The van der Waals surface area contributed by atoms with Crippen molar-refractivity contribution in [2.75, 3.05) is 24.6 Å². The zero-order valence-corrected chi connectivity index (χ0v) is 27.5. The van der Waals surface area contributed by atoms with E-state index in [1.807, 2.05) is 51.1 Å². The molecule has 1 amide bonds. The smallest absolute Gasteiger partial charge is 0.261 e. The number of benzene rings is 2. The quantitative estimate of drug-likeness (QED) is 0.235. The predicted octanol–water partition coefficient (Wildman–Crippen LogP) is 4.92. The van der Waals surface area contributed by atoms with E-state index in [1.54, 1.807) is 17.0 Å². The van der Waals surface area contributed by atoms with E-state index in [-0.39, 0.29) is 41.3 Å². The van der Waals surface area contributed by atoms with Crippen LogP contribution in [0.5, 0.6) is 0 Å². The van der Waals surface area contributed by atoms with Gasteiger partial charge in [0.15, 0.2) is 0 Å². The Kier molecular flexibility index (Phi) is 9.33. The summed E-state index contributed by atoms with van der Waals surface area (Å²) < 4.78 is 48.8. The number of hydrogen-bond acceptors (Lipinski definition) is 7. The van der Waals surface area contributed by atoms with E-state index in [4.69, 9.17) is 9.88 Å². The molecule has 0 fully saturated rings. The van der Waals surface area contributed by atoms with E-state index >= 15 is 0 Å². The van der Waals surface area contributed by atoms with Gasteiger partial charge in [0.2, 0.25) is 17.3 Å². The summed E-state index contributed by atoms with van der Waals surface area (Å²) in [6.07, 6.45) is 0.837. The average Bonchev–Trinajstić information content (AvgIpc) is 3.15. The molecule has 2 atom stereocenters. The van der Waals surface area contributed by atoms with Gasteiger partial charge in [-0.2, -0.15) is 0 Å². The Labute approximate surface area is 254 Å². The van der Waals surface area contributed by atoms with Crippen molar-refractivity contribution in [2.24, 2.45) is 20.7 Å². The zero-order valence-electron chi connectivity index (χ0n) is 25.8.